The van der Waals surface area contributed by atoms with Crippen molar-refractivity contribution in [3.8, 4) is 0 Å². The van der Waals surface area contributed by atoms with E-state index < -0.39 is 84.6 Å². The van der Waals surface area contributed by atoms with Gasteiger partial charge in [-0.15, -0.1) is 0 Å². The molecule has 6 N–H and O–H groups in total. The van der Waals surface area contributed by atoms with Crippen LogP contribution in [0.2, 0.25) is 0 Å². The molecule has 384 valence electrons. The van der Waals surface area contributed by atoms with Gasteiger partial charge in [0, 0.05) is 30.7 Å². The topological polar surface area (TPSA) is 375 Å². The minimum absolute atomic E-state index is 0.0236. The number of fused-ring (bicyclic) bond motifs is 1. The number of imidazole rings is 1. The van der Waals surface area contributed by atoms with Crippen LogP contribution in [0.15, 0.2) is 85.6 Å². The Kier molecular flexibility index (Phi) is 25.2. The number of nitrogens with zero attached hydrogens (tertiary/aromatic N) is 4. The van der Waals surface area contributed by atoms with Gasteiger partial charge < -0.3 is 69.0 Å². The number of rotatable bonds is 31. The second-order valence-corrected chi connectivity index (χ2v) is 20.7. The number of aliphatic hydroxyl groups excluding tert-OH is 2. The summed E-state index contributed by atoms with van der Waals surface area (Å²) in [5.74, 6) is -1.28. The Morgan fingerprint density at radius 1 is 0.884 bits per heavy atom. The lowest BCUT2D eigenvalue weighted by Gasteiger charge is -2.36. The third kappa shape index (κ3) is 22.3. The SMILES string of the molecule is CC/C=C\C/C=C\C/C=C\C/C=C\C/C=C\C/C=C/C(=O)SCCNC(=O)CCNC(=O)[C@H](O)C(C)(C)COP(=O)([O-])OP(=O)([O-])OC[C@H]1O[C@@H](n2cnc3c(N)ncnc32)[C@H](O)[C@@H]1OP(=O)([O-])[O-]. The highest BCUT2D eigenvalue weighted by Crippen LogP contribution is 2.56. The lowest BCUT2D eigenvalue weighted by Crippen LogP contribution is -2.46. The van der Waals surface area contributed by atoms with Gasteiger partial charge in [0.1, 0.15) is 36.3 Å². The average molecular weight is 1050 g/mol. The molecule has 7 atom stereocenters. The van der Waals surface area contributed by atoms with Crippen LogP contribution >= 0.6 is 35.2 Å². The van der Waals surface area contributed by atoms with Gasteiger partial charge in [-0.05, 0) is 44.6 Å². The van der Waals surface area contributed by atoms with Crippen molar-refractivity contribution in [3.63, 3.8) is 0 Å². The minimum Gasteiger partial charge on any atom is -0.790 e. The predicted molar refractivity (Wildman–Crippen MR) is 246 cm³/mol. The van der Waals surface area contributed by atoms with Crippen LogP contribution in [-0.2, 0) is 50.7 Å². The molecule has 0 bridgehead atoms. The molecular formula is C41H58N7O17P3S-4. The highest BCUT2D eigenvalue weighted by atomic mass is 32.2. The summed E-state index contributed by atoms with van der Waals surface area (Å²) in [5, 5.41) is 26.2. The first-order valence-corrected chi connectivity index (χ1v) is 26.8. The number of nitrogens with two attached hydrogens (primary N) is 1. The molecule has 2 unspecified atom stereocenters. The highest BCUT2D eigenvalue weighted by molar-refractivity contribution is 8.14. The van der Waals surface area contributed by atoms with Gasteiger partial charge in [0.25, 0.3) is 15.6 Å². The summed E-state index contributed by atoms with van der Waals surface area (Å²) in [4.78, 5) is 96.7. The van der Waals surface area contributed by atoms with Crippen LogP contribution in [0, 0.1) is 5.41 Å². The highest BCUT2D eigenvalue weighted by Gasteiger charge is 2.47. The lowest BCUT2D eigenvalue weighted by molar-refractivity contribution is -0.347. The quantitative estimate of drug-likeness (QED) is 0.0311. The number of hydrogen-bond donors (Lipinski definition) is 5. The summed E-state index contributed by atoms with van der Waals surface area (Å²) in [7, 11) is -17.6. The molecule has 0 aromatic carbocycles. The van der Waals surface area contributed by atoms with E-state index >= 15 is 0 Å². The molecule has 0 aliphatic carbocycles. The number of phosphoric ester groups is 3. The molecule has 28 heteroatoms. The number of amides is 2. The molecule has 2 aromatic rings. The second kappa shape index (κ2) is 29.4. The number of anilines is 1. The number of ether oxygens (including phenoxy) is 1. The van der Waals surface area contributed by atoms with Gasteiger partial charge >= 0.3 is 0 Å². The molecule has 0 saturated carbocycles. The lowest BCUT2D eigenvalue weighted by atomic mass is 9.87. The number of phosphoric acid groups is 3. The Morgan fingerprint density at radius 2 is 1.46 bits per heavy atom. The van der Waals surface area contributed by atoms with E-state index in [-0.39, 0.29) is 41.6 Å². The van der Waals surface area contributed by atoms with Gasteiger partial charge in [-0.1, -0.05) is 99.4 Å². The second-order valence-electron chi connectivity index (χ2n) is 15.5. The molecule has 3 rings (SSSR count). The van der Waals surface area contributed by atoms with Crippen LogP contribution < -0.4 is 35.9 Å². The van der Waals surface area contributed by atoms with E-state index in [1.807, 2.05) is 12.2 Å². The van der Waals surface area contributed by atoms with Crippen LogP contribution in [-0.4, -0.2) is 103 Å². The Hall–Kier alpha value is -4.00. The first-order valence-electron chi connectivity index (χ1n) is 21.5. The smallest absolute Gasteiger partial charge is 0.274 e. The van der Waals surface area contributed by atoms with Crippen LogP contribution in [0.25, 0.3) is 11.2 Å². The molecule has 69 heavy (non-hydrogen) atoms. The molecule has 1 aliphatic rings. The summed E-state index contributed by atoms with van der Waals surface area (Å²) < 4.78 is 60.8. The first-order chi connectivity index (χ1) is 32.6. The maximum atomic E-state index is 12.6. The fourth-order valence-electron chi connectivity index (χ4n) is 5.90. The molecule has 1 fully saturated rings. The van der Waals surface area contributed by atoms with Crippen LogP contribution in [0.3, 0.4) is 0 Å². The van der Waals surface area contributed by atoms with Gasteiger partial charge in [-0.25, -0.2) is 19.3 Å². The number of thioether (sulfide) groups is 1. The van der Waals surface area contributed by atoms with E-state index in [0.29, 0.717) is 12.2 Å². The van der Waals surface area contributed by atoms with E-state index in [4.69, 9.17) is 10.5 Å². The van der Waals surface area contributed by atoms with Crippen molar-refractivity contribution >= 4 is 69.1 Å². The van der Waals surface area contributed by atoms with Crippen molar-refractivity contribution in [3.05, 3.63) is 85.6 Å². The fourth-order valence-corrected chi connectivity index (χ4v) is 9.23. The number of hydrogen-bond acceptors (Lipinski definition) is 22. The van der Waals surface area contributed by atoms with Gasteiger partial charge in [0.05, 0.1) is 27.4 Å². The summed E-state index contributed by atoms with van der Waals surface area (Å²) in [6.07, 6.45) is 21.7. The summed E-state index contributed by atoms with van der Waals surface area (Å²) in [6, 6.07) is 0. The molecule has 2 aromatic heterocycles. The Labute approximate surface area is 403 Å². The van der Waals surface area contributed by atoms with Crippen LogP contribution in [0.1, 0.15) is 71.9 Å². The van der Waals surface area contributed by atoms with E-state index in [1.54, 1.807) is 6.08 Å². The van der Waals surface area contributed by atoms with Crippen molar-refractivity contribution in [1.29, 1.82) is 0 Å². The third-order valence-corrected chi connectivity index (χ3v) is 13.2. The molecule has 24 nitrogen and oxygen atoms in total. The van der Waals surface area contributed by atoms with Crippen molar-refractivity contribution < 1.29 is 80.5 Å². The van der Waals surface area contributed by atoms with Crippen LogP contribution in [0.4, 0.5) is 5.82 Å². The third-order valence-electron chi connectivity index (χ3n) is 9.41. The zero-order valence-electron chi connectivity index (χ0n) is 38.1. The van der Waals surface area contributed by atoms with Crippen LogP contribution in [0.5, 0.6) is 0 Å². The molecule has 1 saturated heterocycles. The van der Waals surface area contributed by atoms with E-state index in [2.05, 4.69) is 99.0 Å². The zero-order chi connectivity index (χ0) is 51.1. The number of carbonyl (C=O) groups is 3. The number of aliphatic hydroxyl groups is 2. The maximum Gasteiger partial charge on any atom is 0.274 e. The van der Waals surface area contributed by atoms with Crippen molar-refractivity contribution in [2.24, 2.45) is 5.41 Å². The largest absolute Gasteiger partial charge is 0.790 e. The van der Waals surface area contributed by atoms with Gasteiger partial charge in [0.2, 0.25) is 16.9 Å². The monoisotopic (exact) mass is 1050 g/mol. The fraction of sp³-hybridized carbons (Fsp3) is 0.512. The predicted octanol–water partition coefficient (Wildman–Crippen LogP) is 1.83. The Bertz CT molecular complexity index is 2320. The van der Waals surface area contributed by atoms with Crippen molar-refractivity contribution in [1.82, 2.24) is 30.2 Å². The van der Waals surface area contributed by atoms with Gasteiger partial charge in [0.15, 0.2) is 17.7 Å². The number of aromatic nitrogens is 4. The number of carbonyl (C=O) groups excluding carboxylic acids is 3. The summed E-state index contributed by atoms with van der Waals surface area (Å²) >= 11 is 1.01. The number of nitrogen functional groups attached to an aromatic ring is 1. The van der Waals surface area contributed by atoms with E-state index in [9.17, 15) is 57.9 Å². The molecule has 1 aliphatic heterocycles. The Morgan fingerprint density at radius 3 is 2.06 bits per heavy atom. The molecular weight excluding hydrogens is 987 g/mol. The summed E-state index contributed by atoms with van der Waals surface area (Å²) in [5.41, 5.74) is 4.07. The van der Waals surface area contributed by atoms with E-state index in [1.165, 1.54) is 19.9 Å². The molecule has 3 heterocycles. The molecule has 0 spiro atoms. The minimum atomic E-state index is -5.93. The van der Waals surface area contributed by atoms with Crippen molar-refractivity contribution in [2.45, 2.75) is 96.4 Å². The number of allylic oxidation sites excluding steroid dienone is 11. The zero-order valence-corrected chi connectivity index (χ0v) is 41.6. The normalized spacial score (nSPS) is 20.5. The van der Waals surface area contributed by atoms with Gasteiger partial charge in [-0.3, -0.25) is 28.1 Å². The van der Waals surface area contributed by atoms with Gasteiger partial charge in [-0.2, -0.15) is 0 Å². The first kappa shape index (κ1) is 59.3. The standard InChI is InChI=1S/C41H62N7O17P3S/c1-4-5-6-7-8-9-10-11-12-13-14-15-16-17-18-19-20-21-32(50)69-25-24-43-31(49)22-23-44-39(53)36(52)41(2,3)27-62-68(59,60)65-67(57,58)61-26-30-35(64-66(54,55)56)34(51)40(63-30)48-29-47-33-37(42)45-28-46-38(33)48/h5-6,8-9,11-12,14-15,17-18,20-21,28-30,34-36,40,51-52H,4,7,10,13,16,19,22-27H2,1-3H3,(H,43,49)(H,44,53)(H,57,58)(H,59,60)(H2,42,45,46)(H2,54,55,56)/p-4/b6-5-,9-8-,12-11-,15-14-,18-17-,21-20+/t30-,34-,35-,36+,40-/m1/s1. The van der Waals surface area contributed by atoms with Crippen molar-refractivity contribution in [2.75, 3.05) is 37.8 Å². The molecule has 2 amide bonds. The van der Waals surface area contributed by atoms with E-state index in [0.717, 1.165) is 61.1 Å². The maximum absolute atomic E-state index is 12.6. The average Bonchev–Trinajstić information content (AvgIpc) is 3.84. The summed E-state index contributed by atoms with van der Waals surface area (Å²) in [6.45, 7) is 2.15. The molecule has 0 radical (unpaired) electrons. The number of nitrogens with one attached hydrogen (secondary N) is 2. The Balaban J connectivity index is 1.32.